The van der Waals surface area contributed by atoms with E-state index in [-0.39, 0.29) is 11.7 Å². The molecule has 1 aliphatic heterocycles. The summed E-state index contributed by atoms with van der Waals surface area (Å²) in [6.07, 6.45) is 1.70. The molecule has 2 aromatic rings. The molecule has 1 N–H and O–H groups in total. The van der Waals surface area contributed by atoms with Crippen molar-refractivity contribution in [3.05, 3.63) is 56.9 Å². The number of hydrogen-bond donors (Lipinski definition) is 1. The molecule has 150 valence electrons. The summed E-state index contributed by atoms with van der Waals surface area (Å²) in [6, 6.07) is 10.0. The van der Waals surface area contributed by atoms with Gasteiger partial charge in [0.1, 0.15) is 10.1 Å². The van der Waals surface area contributed by atoms with Gasteiger partial charge in [-0.05, 0) is 70.9 Å². The standard InChI is InChI=1S/C20H16BrNO5S2/c1-3-26-15-9-11(10-16-18(23)22-20(28)29-16)8-14(21)17(15)27-19(24)12-4-6-13(25-2)7-5-12/h4-10H,3H2,1-2H3,(H,22,23,28)/b16-10-. The summed E-state index contributed by atoms with van der Waals surface area (Å²) in [5.74, 6) is 0.499. The van der Waals surface area contributed by atoms with Gasteiger partial charge in [-0.2, -0.15) is 0 Å². The number of thioether (sulfide) groups is 1. The van der Waals surface area contributed by atoms with Crippen LogP contribution in [0.15, 0.2) is 45.8 Å². The first-order valence-electron chi connectivity index (χ1n) is 8.48. The highest BCUT2D eigenvalue weighted by Crippen LogP contribution is 2.39. The quantitative estimate of drug-likeness (QED) is 0.273. The molecule has 0 bridgehead atoms. The normalized spacial score (nSPS) is 14.7. The zero-order chi connectivity index (χ0) is 21.0. The van der Waals surface area contributed by atoms with E-state index in [1.807, 2.05) is 6.92 Å². The maximum absolute atomic E-state index is 12.5. The van der Waals surface area contributed by atoms with Gasteiger partial charge >= 0.3 is 5.97 Å². The number of esters is 1. The minimum Gasteiger partial charge on any atom is -0.497 e. The average molecular weight is 494 g/mol. The molecule has 6 nitrogen and oxygen atoms in total. The molecular weight excluding hydrogens is 478 g/mol. The van der Waals surface area contributed by atoms with Gasteiger partial charge in [-0.3, -0.25) is 4.79 Å². The molecular formula is C20H16BrNO5S2. The van der Waals surface area contributed by atoms with Crippen LogP contribution in [0.5, 0.6) is 17.2 Å². The molecule has 0 atom stereocenters. The molecule has 0 spiro atoms. The minimum absolute atomic E-state index is 0.246. The third-order valence-corrected chi connectivity index (χ3v) is 5.54. The molecule has 0 unspecified atom stereocenters. The predicted molar refractivity (Wildman–Crippen MR) is 120 cm³/mol. The van der Waals surface area contributed by atoms with E-state index in [0.29, 0.717) is 42.9 Å². The van der Waals surface area contributed by atoms with Crippen molar-refractivity contribution in [2.75, 3.05) is 13.7 Å². The molecule has 0 aromatic heterocycles. The number of rotatable bonds is 6. The molecule has 9 heteroatoms. The Morgan fingerprint density at radius 2 is 2.00 bits per heavy atom. The van der Waals surface area contributed by atoms with Crippen LogP contribution in [0.1, 0.15) is 22.8 Å². The van der Waals surface area contributed by atoms with Crippen LogP contribution in [-0.4, -0.2) is 29.9 Å². The Bertz CT molecular complexity index is 1000. The highest BCUT2D eigenvalue weighted by molar-refractivity contribution is 9.10. The summed E-state index contributed by atoms with van der Waals surface area (Å²) >= 11 is 9.62. The highest BCUT2D eigenvalue weighted by Gasteiger charge is 2.23. The van der Waals surface area contributed by atoms with Gasteiger partial charge in [0.15, 0.2) is 11.5 Å². The molecule has 1 amide bonds. The van der Waals surface area contributed by atoms with Crippen molar-refractivity contribution in [3.8, 4) is 17.2 Å². The Hall–Kier alpha value is -2.36. The summed E-state index contributed by atoms with van der Waals surface area (Å²) in [6.45, 7) is 2.20. The van der Waals surface area contributed by atoms with Crippen LogP contribution in [0.2, 0.25) is 0 Å². The van der Waals surface area contributed by atoms with E-state index in [9.17, 15) is 9.59 Å². The number of methoxy groups -OCH3 is 1. The second-order valence-electron chi connectivity index (χ2n) is 5.73. The first kappa shape index (κ1) is 21.4. The summed E-state index contributed by atoms with van der Waals surface area (Å²) in [5, 5.41) is 2.57. The van der Waals surface area contributed by atoms with Crippen molar-refractivity contribution in [3.63, 3.8) is 0 Å². The number of carbonyl (C=O) groups excluding carboxylic acids is 2. The van der Waals surface area contributed by atoms with E-state index < -0.39 is 5.97 Å². The Morgan fingerprint density at radius 1 is 1.28 bits per heavy atom. The number of ether oxygens (including phenoxy) is 3. The van der Waals surface area contributed by atoms with E-state index in [0.717, 1.165) is 0 Å². The Labute approximate surface area is 185 Å². The molecule has 1 heterocycles. The Kier molecular flexibility index (Phi) is 6.94. The lowest BCUT2D eigenvalue weighted by molar-refractivity contribution is -0.115. The zero-order valence-electron chi connectivity index (χ0n) is 15.5. The van der Waals surface area contributed by atoms with Crippen LogP contribution in [0, 0.1) is 0 Å². The van der Waals surface area contributed by atoms with Crippen LogP contribution < -0.4 is 19.5 Å². The first-order valence-corrected chi connectivity index (χ1v) is 10.5. The largest absolute Gasteiger partial charge is 0.497 e. The molecule has 1 fully saturated rings. The summed E-state index contributed by atoms with van der Waals surface area (Å²) in [5.41, 5.74) is 1.07. The lowest BCUT2D eigenvalue weighted by atomic mass is 10.1. The maximum atomic E-state index is 12.5. The fraction of sp³-hybridized carbons (Fsp3) is 0.150. The van der Waals surface area contributed by atoms with Gasteiger partial charge in [-0.1, -0.05) is 24.0 Å². The van der Waals surface area contributed by atoms with Gasteiger partial charge in [0.2, 0.25) is 0 Å². The van der Waals surface area contributed by atoms with Gasteiger partial charge in [-0.25, -0.2) is 4.79 Å². The van der Waals surface area contributed by atoms with Gasteiger partial charge in [0, 0.05) is 0 Å². The van der Waals surface area contributed by atoms with Crippen molar-refractivity contribution >= 4 is 62.2 Å². The molecule has 1 saturated heterocycles. The second kappa shape index (κ2) is 9.43. The third kappa shape index (κ3) is 5.17. The SMILES string of the molecule is CCOc1cc(/C=C2\SC(=S)NC2=O)cc(Br)c1OC(=O)c1ccc(OC)cc1. The van der Waals surface area contributed by atoms with E-state index in [4.69, 9.17) is 26.4 Å². The van der Waals surface area contributed by atoms with Gasteiger partial charge < -0.3 is 19.5 Å². The summed E-state index contributed by atoms with van der Waals surface area (Å²) in [4.78, 5) is 24.9. The topological polar surface area (TPSA) is 73.9 Å². The zero-order valence-corrected chi connectivity index (χ0v) is 18.7. The van der Waals surface area contributed by atoms with Gasteiger partial charge in [0.25, 0.3) is 5.91 Å². The molecule has 0 aliphatic carbocycles. The van der Waals surface area contributed by atoms with E-state index in [2.05, 4.69) is 21.2 Å². The summed E-state index contributed by atoms with van der Waals surface area (Å²) < 4.78 is 17.3. The van der Waals surface area contributed by atoms with Crippen LogP contribution in [0.25, 0.3) is 6.08 Å². The summed E-state index contributed by atoms with van der Waals surface area (Å²) in [7, 11) is 1.55. The molecule has 3 rings (SSSR count). The van der Waals surface area contributed by atoms with E-state index >= 15 is 0 Å². The first-order chi connectivity index (χ1) is 13.9. The predicted octanol–water partition coefficient (Wildman–Crippen LogP) is 4.56. The van der Waals surface area contributed by atoms with E-state index in [1.54, 1.807) is 49.6 Å². The number of carbonyl (C=O) groups is 2. The lowest BCUT2D eigenvalue weighted by Gasteiger charge is -2.14. The van der Waals surface area contributed by atoms with Crippen molar-refractivity contribution in [1.29, 1.82) is 0 Å². The van der Waals surface area contributed by atoms with Gasteiger partial charge in [0.05, 0.1) is 28.7 Å². The van der Waals surface area contributed by atoms with Gasteiger partial charge in [-0.15, -0.1) is 0 Å². The molecule has 0 radical (unpaired) electrons. The Balaban J connectivity index is 1.90. The van der Waals surface area contributed by atoms with Crippen LogP contribution >= 0.6 is 39.9 Å². The third-order valence-electron chi connectivity index (χ3n) is 3.79. The second-order valence-corrected chi connectivity index (χ2v) is 8.31. The average Bonchev–Trinajstić information content (AvgIpc) is 3.01. The van der Waals surface area contributed by atoms with Crippen LogP contribution in [0.4, 0.5) is 0 Å². The number of benzene rings is 2. The number of hydrogen-bond acceptors (Lipinski definition) is 7. The molecule has 0 saturated carbocycles. The highest BCUT2D eigenvalue weighted by atomic mass is 79.9. The molecule has 1 aliphatic rings. The molecule has 2 aromatic carbocycles. The number of amides is 1. The fourth-order valence-corrected chi connectivity index (χ4v) is 4.07. The maximum Gasteiger partial charge on any atom is 0.343 e. The van der Waals surface area contributed by atoms with Crippen LogP contribution in [-0.2, 0) is 4.79 Å². The molecule has 29 heavy (non-hydrogen) atoms. The van der Waals surface area contributed by atoms with Crippen molar-refractivity contribution in [2.45, 2.75) is 6.92 Å². The van der Waals surface area contributed by atoms with Crippen molar-refractivity contribution in [2.24, 2.45) is 0 Å². The number of thiocarbonyl (C=S) groups is 1. The van der Waals surface area contributed by atoms with Crippen molar-refractivity contribution < 1.29 is 23.8 Å². The monoisotopic (exact) mass is 493 g/mol. The van der Waals surface area contributed by atoms with Crippen LogP contribution in [0.3, 0.4) is 0 Å². The lowest BCUT2D eigenvalue weighted by Crippen LogP contribution is -2.17. The Morgan fingerprint density at radius 3 is 2.59 bits per heavy atom. The number of halogens is 1. The smallest absolute Gasteiger partial charge is 0.343 e. The fourth-order valence-electron chi connectivity index (χ4n) is 2.48. The van der Waals surface area contributed by atoms with E-state index in [1.165, 1.54) is 11.8 Å². The van der Waals surface area contributed by atoms with Crippen molar-refractivity contribution in [1.82, 2.24) is 5.32 Å². The number of nitrogens with one attached hydrogen (secondary N) is 1. The minimum atomic E-state index is -0.531.